The molecule has 1 unspecified atom stereocenters. The number of carbonyl (C=O) groups excluding carboxylic acids is 2. The van der Waals surface area contributed by atoms with Crippen LogP contribution in [0.25, 0.3) is 0 Å². The number of carbonyl (C=O) groups is 2. The van der Waals surface area contributed by atoms with Crippen LogP contribution in [0.1, 0.15) is 12.5 Å². The van der Waals surface area contributed by atoms with E-state index < -0.39 is 6.04 Å². The van der Waals surface area contributed by atoms with E-state index in [1.165, 1.54) is 4.90 Å². The van der Waals surface area contributed by atoms with Crippen LogP contribution < -0.4 is 9.80 Å². The van der Waals surface area contributed by atoms with E-state index in [9.17, 15) is 9.59 Å². The number of urea groups is 1. The van der Waals surface area contributed by atoms with Gasteiger partial charge in [-0.15, -0.1) is 0 Å². The second-order valence-corrected chi connectivity index (χ2v) is 6.03. The van der Waals surface area contributed by atoms with E-state index in [-0.39, 0.29) is 11.9 Å². The van der Waals surface area contributed by atoms with Crippen molar-refractivity contribution in [1.29, 1.82) is 0 Å². The second kappa shape index (κ2) is 6.31. The van der Waals surface area contributed by atoms with Crippen LogP contribution in [0.5, 0.6) is 0 Å². The lowest BCUT2D eigenvalue weighted by Gasteiger charge is -2.19. The van der Waals surface area contributed by atoms with Gasteiger partial charge in [-0.2, -0.15) is 0 Å². The topological polar surface area (TPSA) is 56.8 Å². The molecule has 1 fully saturated rings. The summed E-state index contributed by atoms with van der Waals surface area (Å²) in [5.41, 5.74) is 2.56. The highest BCUT2D eigenvalue weighted by Gasteiger charge is 2.43. The Bertz CT molecular complexity index is 743. The lowest BCUT2D eigenvalue weighted by molar-refractivity contribution is -0.119. The molecule has 6 heteroatoms. The molecule has 0 radical (unpaired) electrons. The number of hydrogen-bond donors (Lipinski definition) is 0. The van der Waals surface area contributed by atoms with Gasteiger partial charge in [0, 0.05) is 38.7 Å². The molecule has 1 aromatic heterocycles. The van der Waals surface area contributed by atoms with Crippen LogP contribution in [-0.4, -0.2) is 42.0 Å². The van der Waals surface area contributed by atoms with E-state index in [1.807, 2.05) is 43.3 Å². The van der Waals surface area contributed by atoms with Gasteiger partial charge in [-0.1, -0.05) is 0 Å². The molecule has 6 nitrogen and oxygen atoms in total. The summed E-state index contributed by atoms with van der Waals surface area (Å²) in [4.78, 5) is 34.1. The summed E-state index contributed by atoms with van der Waals surface area (Å²) in [5, 5.41) is 0. The zero-order valence-corrected chi connectivity index (χ0v) is 14.0. The molecule has 3 amide bonds. The van der Waals surface area contributed by atoms with E-state index in [0.717, 1.165) is 11.3 Å². The van der Waals surface area contributed by atoms with E-state index in [1.54, 1.807) is 36.4 Å². The quantitative estimate of drug-likeness (QED) is 0.811. The van der Waals surface area contributed by atoms with Gasteiger partial charge in [0.25, 0.3) is 5.91 Å². The third-order valence-corrected chi connectivity index (χ3v) is 4.21. The monoisotopic (exact) mass is 324 g/mol. The molecule has 0 N–H and O–H groups in total. The van der Waals surface area contributed by atoms with Gasteiger partial charge in [-0.3, -0.25) is 9.78 Å². The third-order valence-electron chi connectivity index (χ3n) is 4.21. The SMILES string of the molecule is CC1C(=O)N(c2ccc(N(C)C)cc2)C(=O)N1Cc1ccncc1. The molecule has 1 aliphatic heterocycles. The first-order valence-corrected chi connectivity index (χ1v) is 7.80. The highest BCUT2D eigenvalue weighted by atomic mass is 16.2. The molecule has 24 heavy (non-hydrogen) atoms. The zero-order valence-electron chi connectivity index (χ0n) is 14.0. The second-order valence-electron chi connectivity index (χ2n) is 6.03. The number of benzene rings is 1. The summed E-state index contributed by atoms with van der Waals surface area (Å²) in [6.45, 7) is 2.15. The molecule has 2 heterocycles. The molecule has 1 aromatic carbocycles. The van der Waals surface area contributed by atoms with Crippen LogP contribution in [0.4, 0.5) is 16.2 Å². The number of amides is 3. The maximum Gasteiger partial charge on any atom is 0.332 e. The fourth-order valence-corrected chi connectivity index (χ4v) is 2.74. The molecular weight excluding hydrogens is 304 g/mol. The molecule has 0 spiro atoms. The summed E-state index contributed by atoms with van der Waals surface area (Å²) in [7, 11) is 3.89. The van der Waals surface area contributed by atoms with Crippen molar-refractivity contribution >= 4 is 23.3 Å². The fraction of sp³-hybridized carbons (Fsp3) is 0.278. The van der Waals surface area contributed by atoms with Crippen LogP contribution in [0.15, 0.2) is 48.8 Å². The van der Waals surface area contributed by atoms with Gasteiger partial charge < -0.3 is 9.80 Å². The van der Waals surface area contributed by atoms with Crippen LogP contribution >= 0.6 is 0 Å². The number of pyridine rings is 1. The average Bonchev–Trinajstić information content (AvgIpc) is 2.79. The van der Waals surface area contributed by atoms with Crippen LogP contribution in [0, 0.1) is 0 Å². The first kappa shape index (κ1) is 16.0. The molecule has 1 saturated heterocycles. The average molecular weight is 324 g/mol. The Morgan fingerprint density at radius 2 is 1.67 bits per heavy atom. The molecule has 0 aliphatic carbocycles. The van der Waals surface area contributed by atoms with Crippen molar-refractivity contribution in [2.24, 2.45) is 0 Å². The fourth-order valence-electron chi connectivity index (χ4n) is 2.74. The van der Waals surface area contributed by atoms with Crippen molar-refractivity contribution in [3.05, 3.63) is 54.4 Å². The molecule has 124 valence electrons. The Kier molecular flexibility index (Phi) is 4.20. The van der Waals surface area contributed by atoms with Crippen molar-refractivity contribution in [3.63, 3.8) is 0 Å². The Hall–Kier alpha value is -2.89. The minimum atomic E-state index is -0.487. The van der Waals surface area contributed by atoms with E-state index in [4.69, 9.17) is 0 Å². The maximum absolute atomic E-state index is 12.8. The van der Waals surface area contributed by atoms with Gasteiger partial charge in [0.15, 0.2) is 0 Å². The smallest absolute Gasteiger partial charge is 0.332 e. The third kappa shape index (κ3) is 2.82. The van der Waals surface area contributed by atoms with Gasteiger partial charge in [0.05, 0.1) is 5.69 Å². The molecule has 2 aromatic rings. The van der Waals surface area contributed by atoms with E-state index in [0.29, 0.717) is 12.2 Å². The highest BCUT2D eigenvalue weighted by molar-refractivity contribution is 6.21. The molecule has 1 atom stereocenters. The van der Waals surface area contributed by atoms with Gasteiger partial charge >= 0.3 is 6.03 Å². The van der Waals surface area contributed by atoms with Crippen LogP contribution in [0.2, 0.25) is 0 Å². The minimum absolute atomic E-state index is 0.202. The molecule has 1 aliphatic rings. The summed E-state index contributed by atoms with van der Waals surface area (Å²) in [6.07, 6.45) is 3.36. The number of nitrogens with zero attached hydrogens (tertiary/aromatic N) is 4. The Morgan fingerprint density at radius 3 is 2.25 bits per heavy atom. The van der Waals surface area contributed by atoms with Crippen molar-refractivity contribution < 1.29 is 9.59 Å². The maximum atomic E-state index is 12.8. The number of anilines is 2. The summed E-state index contributed by atoms with van der Waals surface area (Å²) >= 11 is 0. The van der Waals surface area contributed by atoms with Gasteiger partial charge in [0.1, 0.15) is 6.04 Å². The first-order valence-electron chi connectivity index (χ1n) is 7.80. The Morgan fingerprint density at radius 1 is 1.04 bits per heavy atom. The molecular formula is C18H20N4O2. The largest absolute Gasteiger partial charge is 0.378 e. The zero-order chi connectivity index (χ0) is 17.3. The molecule has 3 rings (SSSR count). The summed E-state index contributed by atoms with van der Waals surface area (Å²) in [6, 6.07) is 10.3. The molecule has 0 saturated carbocycles. The summed E-state index contributed by atoms with van der Waals surface area (Å²) in [5.74, 6) is -0.202. The van der Waals surface area contributed by atoms with Crippen molar-refractivity contribution in [2.75, 3.05) is 23.9 Å². The normalized spacial score (nSPS) is 17.5. The van der Waals surface area contributed by atoms with Crippen molar-refractivity contribution in [3.8, 4) is 0 Å². The highest BCUT2D eigenvalue weighted by Crippen LogP contribution is 2.28. The number of hydrogen-bond acceptors (Lipinski definition) is 4. The first-order chi connectivity index (χ1) is 11.5. The van der Waals surface area contributed by atoms with Gasteiger partial charge in [-0.25, -0.2) is 9.69 Å². The number of imide groups is 1. The predicted molar refractivity (Wildman–Crippen MR) is 92.9 cm³/mol. The standard InChI is InChI=1S/C18H20N4O2/c1-13-17(23)22(16-6-4-15(5-7-16)20(2)3)18(24)21(13)12-14-8-10-19-11-9-14/h4-11,13H,12H2,1-3H3. The number of aromatic nitrogens is 1. The predicted octanol–water partition coefficient (Wildman–Crippen LogP) is 2.50. The number of rotatable bonds is 4. The van der Waals surface area contributed by atoms with E-state index in [2.05, 4.69) is 4.98 Å². The van der Waals surface area contributed by atoms with Crippen LogP contribution in [-0.2, 0) is 11.3 Å². The van der Waals surface area contributed by atoms with Crippen molar-refractivity contribution in [2.45, 2.75) is 19.5 Å². The Labute approximate surface area is 141 Å². The lowest BCUT2D eigenvalue weighted by atomic mass is 10.2. The van der Waals surface area contributed by atoms with Gasteiger partial charge in [-0.05, 0) is 48.9 Å². The molecule has 0 bridgehead atoms. The van der Waals surface area contributed by atoms with Crippen LogP contribution in [0.3, 0.4) is 0 Å². The summed E-state index contributed by atoms with van der Waals surface area (Å²) < 4.78 is 0. The Balaban J connectivity index is 1.84. The van der Waals surface area contributed by atoms with E-state index >= 15 is 0 Å². The van der Waals surface area contributed by atoms with Gasteiger partial charge in [0.2, 0.25) is 0 Å². The lowest BCUT2D eigenvalue weighted by Crippen LogP contribution is -2.33. The van der Waals surface area contributed by atoms with Crippen molar-refractivity contribution in [1.82, 2.24) is 9.88 Å². The minimum Gasteiger partial charge on any atom is -0.378 e.